The summed E-state index contributed by atoms with van der Waals surface area (Å²) in [5.41, 5.74) is 0.0460. The third kappa shape index (κ3) is 3.82. The summed E-state index contributed by atoms with van der Waals surface area (Å²) < 4.78 is 45.0. The summed E-state index contributed by atoms with van der Waals surface area (Å²) in [6, 6.07) is 3.12. The van der Waals surface area contributed by atoms with E-state index in [0.29, 0.717) is 25.5 Å². The smallest absolute Gasteiger partial charge is 0.379 e. The van der Waals surface area contributed by atoms with Crippen LogP contribution in [0.5, 0.6) is 0 Å². The molecule has 124 valence electrons. The first-order valence-electron chi connectivity index (χ1n) is 7.02. The fourth-order valence-corrected chi connectivity index (χ4v) is 2.55. The van der Waals surface area contributed by atoms with Crippen molar-refractivity contribution in [1.29, 1.82) is 0 Å². The molecule has 0 atom stereocenters. The lowest BCUT2D eigenvalue weighted by molar-refractivity contribution is -0.137. The highest BCUT2D eigenvalue weighted by atomic mass is 35.5. The van der Waals surface area contributed by atoms with Crippen molar-refractivity contribution in [2.45, 2.75) is 12.7 Å². The molecule has 1 aliphatic rings. The number of aromatic nitrogens is 3. The molecule has 0 bridgehead atoms. The van der Waals surface area contributed by atoms with Crippen molar-refractivity contribution in [3.8, 4) is 5.69 Å². The fraction of sp³-hybridized carbons (Fsp3) is 0.429. The number of rotatable bonds is 3. The SMILES string of the molecule is FC(F)(F)c1ccc(Cl)c(-n2cc(CN3CCOCC3)nn2)c1. The Morgan fingerprint density at radius 2 is 1.96 bits per heavy atom. The minimum atomic E-state index is -4.43. The molecule has 0 amide bonds. The van der Waals surface area contributed by atoms with Crippen LogP contribution in [-0.4, -0.2) is 46.2 Å². The van der Waals surface area contributed by atoms with Crippen LogP contribution in [0.15, 0.2) is 24.4 Å². The van der Waals surface area contributed by atoms with Gasteiger partial charge in [0.05, 0.1) is 41.4 Å². The van der Waals surface area contributed by atoms with Gasteiger partial charge in [0, 0.05) is 19.6 Å². The van der Waals surface area contributed by atoms with E-state index in [1.165, 1.54) is 10.7 Å². The van der Waals surface area contributed by atoms with Crippen molar-refractivity contribution >= 4 is 11.6 Å². The van der Waals surface area contributed by atoms with E-state index in [0.717, 1.165) is 25.2 Å². The predicted molar refractivity (Wildman–Crippen MR) is 77.5 cm³/mol. The summed E-state index contributed by atoms with van der Waals surface area (Å²) in [5.74, 6) is 0. The van der Waals surface area contributed by atoms with Crippen LogP contribution in [-0.2, 0) is 17.5 Å². The van der Waals surface area contributed by atoms with Gasteiger partial charge in [-0.2, -0.15) is 13.2 Å². The highest BCUT2D eigenvalue weighted by molar-refractivity contribution is 6.32. The Bertz CT molecular complexity index is 683. The largest absolute Gasteiger partial charge is 0.416 e. The van der Waals surface area contributed by atoms with Gasteiger partial charge in [-0.05, 0) is 18.2 Å². The van der Waals surface area contributed by atoms with Crippen molar-refractivity contribution in [1.82, 2.24) is 19.9 Å². The summed E-state index contributed by atoms with van der Waals surface area (Å²) in [6.07, 6.45) is -2.84. The minimum Gasteiger partial charge on any atom is -0.379 e. The molecule has 1 aliphatic heterocycles. The van der Waals surface area contributed by atoms with Crippen LogP contribution in [0.3, 0.4) is 0 Å². The lowest BCUT2D eigenvalue weighted by Crippen LogP contribution is -2.35. The second-order valence-corrected chi connectivity index (χ2v) is 5.61. The van der Waals surface area contributed by atoms with Gasteiger partial charge in [0.1, 0.15) is 0 Å². The first kappa shape index (κ1) is 16.2. The molecule has 0 unspecified atom stereocenters. The third-order valence-electron chi connectivity index (χ3n) is 3.55. The van der Waals surface area contributed by atoms with Gasteiger partial charge in [0.25, 0.3) is 0 Å². The molecule has 2 heterocycles. The summed E-state index contributed by atoms with van der Waals surface area (Å²) in [4.78, 5) is 2.14. The first-order chi connectivity index (χ1) is 10.9. The van der Waals surface area contributed by atoms with Gasteiger partial charge in [0.15, 0.2) is 0 Å². The van der Waals surface area contributed by atoms with E-state index in [9.17, 15) is 13.2 Å². The van der Waals surface area contributed by atoms with E-state index in [-0.39, 0.29) is 10.7 Å². The average molecular weight is 347 g/mol. The Hall–Kier alpha value is -1.64. The Kier molecular flexibility index (Phi) is 4.56. The Morgan fingerprint density at radius 1 is 1.22 bits per heavy atom. The standard InChI is InChI=1S/C14H14ClF3N4O/c15-12-2-1-10(14(16,17)18)7-13(12)22-9-11(19-20-22)8-21-3-5-23-6-4-21/h1-2,7,9H,3-6,8H2. The Labute approximate surface area is 135 Å². The van der Waals surface area contributed by atoms with Crippen LogP contribution in [0.2, 0.25) is 5.02 Å². The molecule has 0 spiro atoms. The number of alkyl halides is 3. The maximum absolute atomic E-state index is 12.8. The monoisotopic (exact) mass is 346 g/mol. The molecule has 5 nitrogen and oxygen atoms in total. The van der Waals surface area contributed by atoms with E-state index in [1.807, 2.05) is 0 Å². The van der Waals surface area contributed by atoms with E-state index < -0.39 is 11.7 Å². The van der Waals surface area contributed by atoms with E-state index in [2.05, 4.69) is 15.2 Å². The number of hydrogen-bond donors (Lipinski definition) is 0. The molecular formula is C14H14ClF3N4O. The summed E-state index contributed by atoms with van der Waals surface area (Å²) in [5, 5.41) is 8.08. The van der Waals surface area contributed by atoms with Gasteiger partial charge in [0.2, 0.25) is 0 Å². The number of benzene rings is 1. The van der Waals surface area contributed by atoms with Crippen molar-refractivity contribution in [3.63, 3.8) is 0 Å². The molecule has 9 heteroatoms. The Balaban J connectivity index is 1.82. The third-order valence-corrected chi connectivity index (χ3v) is 3.87. The maximum atomic E-state index is 12.8. The van der Waals surface area contributed by atoms with Gasteiger partial charge in [-0.1, -0.05) is 16.8 Å². The Morgan fingerprint density at radius 3 is 2.65 bits per heavy atom. The molecule has 1 saturated heterocycles. The van der Waals surface area contributed by atoms with Gasteiger partial charge >= 0.3 is 6.18 Å². The van der Waals surface area contributed by atoms with E-state index in [4.69, 9.17) is 16.3 Å². The van der Waals surface area contributed by atoms with Gasteiger partial charge in [-0.25, -0.2) is 4.68 Å². The number of ether oxygens (including phenoxy) is 1. The summed E-state index contributed by atoms with van der Waals surface area (Å²) in [6.45, 7) is 3.47. The van der Waals surface area contributed by atoms with Gasteiger partial charge in [-0.15, -0.1) is 5.10 Å². The van der Waals surface area contributed by atoms with Gasteiger partial charge in [-0.3, -0.25) is 4.90 Å². The summed E-state index contributed by atoms with van der Waals surface area (Å²) in [7, 11) is 0. The van der Waals surface area contributed by atoms with Crippen molar-refractivity contribution in [2.75, 3.05) is 26.3 Å². The van der Waals surface area contributed by atoms with Crippen LogP contribution in [0.4, 0.5) is 13.2 Å². The molecule has 0 radical (unpaired) electrons. The molecule has 0 aliphatic carbocycles. The van der Waals surface area contributed by atoms with E-state index in [1.54, 1.807) is 6.20 Å². The molecule has 2 aromatic rings. The van der Waals surface area contributed by atoms with E-state index >= 15 is 0 Å². The number of hydrogen-bond acceptors (Lipinski definition) is 4. The molecule has 0 N–H and O–H groups in total. The quantitative estimate of drug-likeness (QED) is 0.857. The minimum absolute atomic E-state index is 0.155. The van der Waals surface area contributed by atoms with Crippen molar-refractivity contribution in [3.05, 3.63) is 40.7 Å². The lowest BCUT2D eigenvalue weighted by atomic mass is 10.2. The van der Waals surface area contributed by atoms with Crippen molar-refractivity contribution < 1.29 is 17.9 Å². The molecular weight excluding hydrogens is 333 g/mol. The zero-order valence-corrected chi connectivity index (χ0v) is 12.8. The summed E-state index contributed by atoms with van der Waals surface area (Å²) >= 11 is 6.00. The lowest BCUT2D eigenvalue weighted by Gasteiger charge is -2.25. The average Bonchev–Trinajstić information content (AvgIpc) is 2.96. The van der Waals surface area contributed by atoms with Crippen LogP contribution in [0.1, 0.15) is 11.3 Å². The second kappa shape index (κ2) is 6.46. The molecule has 1 fully saturated rings. The highest BCUT2D eigenvalue weighted by Gasteiger charge is 2.31. The number of halogens is 4. The molecule has 0 saturated carbocycles. The molecule has 3 rings (SSSR count). The first-order valence-corrected chi connectivity index (χ1v) is 7.40. The topological polar surface area (TPSA) is 43.2 Å². The van der Waals surface area contributed by atoms with Gasteiger partial charge < -0.3 is 4.74 Å². The number of nitrogens with zero attached hydrogens (tertiary/aromatic N) is 4. The zero-order chi connectivity index (χ0) is 16.4. The molecule has 23 heavy (non-hydrogen) atoms. The highest BCUT2D eigenvalue weighted by Crippen LogP contribution is 2.32. The maximum Gasteiger partial charge on any atom is 0.416 e. The predicted octanol–water partition coefficient (Wildman–Crippen LogP) is 2.77. The normalized spacial score (nSPS) is 16.7. The van der Waals surface area contributed by atoms with Crippen LogP contribution in [0.25, 0.3) is 5.69 Å². The van der Waals surface area contributed by atoms with Crippen LogP contribution in [0, 0.1) is 0 Å². The van der Waals surface area contributed by atoms with Crippen LogP contribution < -0.4 is 0 Å². The van der Waals surface area contributed by atoms with Crippen LogP contribution >= 0.6 is 11.6 Å². The fourth-order valence-electron chi connectivity index (χ4n) is 2.34. The number of morpholine rings is 1. The molecule has 1 aromatic heterocycles. The second-order valence-electron chi connectivity index (χ2n) is 5.21. The zero-order valence-electron chi connectivity index (χ0n) is 12.1. The molecule has 1 aromatic carbocycles. The van der Waals surface area contributed by atoms with Crippen molar-refractivity contribution in [2.24, 2.45) is 0 Å².